The van der Waals surface area contributed by atoms with E-state index >= 15 is 0 Å². The summed E-state index contributed by atoms with van der Waals surface area (Å²) in [5.41, 5.74) is 2.57. The molecular formula is C23H19BrN2O3. The van der Waals surface area contributed by atoms with Crippen molar-refractivity contribution in [3.63, 3.8) is 0 Å². The van der Waals surface area contributed by atoms with E-state index in [4.69, 9.17) is 4.74 Å². The fourth-order valence-corrected chi connectivity index (χ4v) is 2.82. The number of hydrogen-bond donors (Lipinski definition) is 2. The van der Waals surface area contributed by atoms with Crippen molar-refractivity contribution in [1.29, 1.82) is 0 Å². The van der Waals surface area contributed by atoms with Crippen molar-refractivity contribution in [2.75, 3.05) is 17.7 Å². The van der Waals surface area contributed by atoms with Gasteiger partial charge in [-0.1, -0.05) is 46.3 Å². The minimum Gasteiger partial charge on any atom is -0.497 e. The highest BCUT2D eigenvalue weighted by molar-refractivity contribution is 9.10. The number of benzene rings is 3. The Labute approximate surface area is 177 Å². The summed E-state index contributed by atoms with van der Waals surface area (Å²) in [5.74, 6) is 0.561. The number of ketones is 1. The Balaban J connectivity index is 1.62. The fraction of sp³-hybridized carbons (Fsp3) is 0.0435. The topological polar surface area (TPSA) is 67.4 Å². The molecule has 2 amide bonds. The van der Waals surface area contributed by atoms with Crippen molar-refractivity contribution < 1.29 is 14.3 Å². The lowest BCUT2D eigenvalue weighted by Crippen LogP contribution is -2.19. The maximum atomic E-state index is 12.4. The minimum absolute atomic E-state index is 0.146. The molecule has 146 valence electrons. The first-order valence-electron chi connectivity index (χ1n) is 8.83. The monoisotopic (exact) mass is 450 g/mol. The molecule has 2 N–H and O–H groups in total. The highest BCUT2D eigenvalue weighted by Gasteiger charge is 2.06. The third-order valence-corrected chi connectivity index (χ3v) is 4.58. The van der Waals surface area contributed by atoms with Gasteiger partial charge in [0.25, 0.3) is 0 Å². The van der Waals surface area contributed by atoms with Crippen molar-refractivity contribution in [3.05, 3.63) is 94.5 Å². The van der Waals surface area contributed by atoms with E-state index in [0.717, 1.165) is 10.0 Å². The number of allylic oxidation sites excluding steroid dienone is 1. The van der Waals surface area contributed by atoms with Crippen molar-refractivity contribution in [2.24, 2.45) is 0 Å². The predicted octanol–water partition coefficient (Wildman–Crippen LogP) is 6.00. The summed E-state index contributed by atoms with van der Waals surface area (Å²) in [5, 5.41) is 5.46. The predicted molar refractivity (Wildman–Crippen MR) is 120 cm³/mol. The van der Waals surface area contributed by atoms with Gasteiger partial charge in [0.15, 0.2) is 5.78 Å². The summed E-state index contributed by atoms with van der Waals surface area (Å²) in [7, 11) is 1.58. The van der Waals surface area contributed by atoms with Crippen molar-refractivity contribution in [3.8, 4) is 5.75 Å². The highest BCUT2D eigenvalue weighted by Crippen LogP contribution is 2.17. The van der Waals surface area contributed by atoms with Gasteiger partial charge in [-0.05, 0) is 60.2 Å². The lowest BCUT2D eigenvalue weighted by atomic mass is 10.1. The van der Waals surface area contributed by atoms with Gasteiger partial charge in [-0.2, -0.15) is 0 Å². The zero-order chi connectivity index (χ0) is 20.6. The van der Waals surface area contributed by atoms with Crippen LogP contribution in [0.15, 0.2) is 83.3 Å². The third kappa shape index (κ3) is 6.05. The molecule has 3 aromatic rings. The fourth-order valence-electron chi connectivity index (χ4n) is 2.56. The second kappa shape index (κ2) is 9.71. The highest BCUT2D eigenvalue weighted by atomic mass is 79.9. The number of carbonyl (C=O) groups is 2. The lowest BCUT2D eigenvalue weighted by Gasteiger charge is -2.09. The van der Waals surface area contributed by atoms with Gasteiger partial charge in [-0.25, -0.2) is 4.79 Å². The van der Waals surface area contributed by atoms with Crippen molar-refractivity contribution >= 4 is 45.2 Å². The number of rotatable bonds is 6. The zero-order valence-electron chi connectivity index (χ0n) is 15.7. The molecule has 0 saturated carbocycles. The van der Waals surface area contributed by atoms with Crippen LogP contribution in [0.4, 0.5) is 16.2 Å². The number of halogens is 1. The molecule has 0 spiro atoms. The van der Waals surface area contributed by atoms with Crippen LogP contribution in [0.1, 0.15) is 15.9 Å². The summed E-state index contributed by atoms with van der Waals surface area (Å²) in [4.78, 5) is 24.6. The molecule has 29 heavy (non-hydrogen) atoms. The Kier molecular flexibility index (Phi) is 6.81. The summed E-state index contributed by atoms with van der Waals surface area (Å²) < 4.78 is 6.07. The molecule has 6 heteroatoms. The average molecular weight is 451 g/mol. The van der Waals surface area contributed by atoms with E-state index in [-0.39, 0.29) is 5.78 Å². The first-order valence-corrected chi connectivity index (χ1v) is 9.63. The molecule has 0 bridgehead atoms. The van der Waals surface area contributed by atoms with Crippen molar-refractivity contribution in [1.82, 2.24) is 0 Å². The van der Waals surface area contributed by atoms with Gasteiger partial charge < -0.3 is 15.4 Å². The molecule has 5 nitrogen and oxygen atoms in total. The lowest BCUT2D eigenvalue weighted by molar-refractivity contribution is 0.104. The molecule has 3 aromatic carbocycles. The summed E-state index contributed by atoms with van der Waals surface area (Å²) in [6.07, 6.45) is 3.27. The second-order valence-electron chi connectivity index (χ2n) is 6.14. The van der Waals surface area contributed by atoms with Crippen LogP contribution >= 0.6 is 15.9 Å². The van der Waals surface area contributed by atoms with Gasteiger partial charge in [0.2, 0.25) is 0 Å². The SMILES string of the molecule is COc1ccc(NC(=O)Nc2cccc(C(=O)/C=C/c3ccc(Br)cc3)c2)cc1. The van der Waals surface area contributed by atoms with E-state index in [1.165, 1.54) is 6.08 Å². The maximum Gasteiger partial charge on any atom is 0.323 e. The molecule has 0 aliphatic rings. The molecule has 3 rings (SSSR count). The number of methoxy groups -OCH3 is 1. The number of nitrogens with one attached hydrogen (secondary N) is 2. The molecular weight excluding hydrogens is 432 g/mol. The number of amides is 2. The zero-order valence-corrected chi connectivity index (χ0v) is 17.3. The smallest absolute Gasteiger partial charge is 0.323 e. The Morgan fingerprint density at radius 2 is 1.59 bits per heavy atom. The van der Waals surface area contributed by atoms with E-state index in [0.29, 0.717) is 22.7 Å². The van der Waals surface area contributed by atoms with Crippen LogP contribution in [-0.2, 0) is 0 Å². The Hall–Kier alpha value is -3.38. The van der Waals surface area contributed by atoms with Crippen LogP contribution in [0.25, 0.3) is 6.08 Å². The van der Waals surface area contributed by atoms with Crippen LogP contribution < -0.4 is 15.4 Å². The number of carbonyl (C=O) groups excluding carboxylic acids is 2. The maximum absolute atomic E-state index is 12.4. The molecule has 0 aliphatic carbocycles. The first kappa shape index (κ1) is 20.4. The van der Waals surface area contributed by atoms with Gasteiger partial charge in [0, 0.05) is 21.4 Å². The molecule has 0 heterocycles. The van der Waals surface area contributed by atoms with E-state index in [1.807, 2.05) is 24.3 Å². The Bertz CT molecular complexity index is 1030. The number of ether oxygens (including phenoxy) is 1. The normalized spacial score (nSPS) is 10.6. The summed E-state index contributed by atoms with van der Waals surface area (Å²) >= 11 is 3.38. The van der Waals surface area contributed by atoms with E-state index in [9.17, 15) is 9.59 Å². The van der Waals surface area contributed by atoms with E-state index in [2.05, 4.69) is 26.6 Å². The Morgan fingerprint density at radius 3 is 2.28 bits per heavy atom. The van der Waals surface area contributed by atoms with Crippen LogP contribution in [0.3, 0.4) is 0 Å². The van der Waals surface area contributed by atoms with Crippen molar-refractivity contribution in [2.45, 2.75) is 0 Å². The number of hydrogen-bond acceptors (Lipinski definition) is 3. The minimum atomic E-state index is -0.398. The third-order valence-electron chi connectivity index (χ3n) is 4.05. The Morgan fingerprint density at radius 1 is 0.897 bits per heavy atom. The molecule has 0 atom stereocenters. The van der Waals surface area contributed by atoms with E-state index < -0.39 is 6.03 Å². The quantitative estimate of drug-likeness (QED) is 0.357. The van der Waals surface area contributed by atoms with E-state index in [1.54, 1.807) is 61.7 Å². The summed E-state index contributed by atoms with van der Waals surface area (Å²) in [6, 6.07) is 21.0. The molecule has 0 aliphatic heterocycles. The van der Waals surface area contributed by atoms with Gasteiger partial charge in [-0.3, -0.25) is 4.79 Å². The largest absolute Gasteiger partial charge is 0.497 e. The van der Waals surface area contributed by atoms with Gasteiger partial charge in [0.05, 0.1) is 7.11 Å². The van der Waals surface area contributed by atoms with Gasteiger partial charge in [-0.15, -0.1) is 0 Å². The van der Waals surface area contributed by atoms with Gasteiger partial charge in [0.1, 0.15) is 5.75 Å². The standard InChI is InChI=1S/C23H19BrN2O3/c1-29-21-12-10-19(11-13-21)25-23(28)26-20-4-2-3-17(15-20)22(27)14-7-16-5-8-18(24)9-6-16/h2-15H,1H3,(H2,25,26,28)/b14-7+. The van der Waals surface area contributed by atoms with Crippen LogP contribution in [0.2, 0.25) is 0 Å². The number of urea groups is 1. The first-order chi connectivity index (χ1) is 14.0. The number of anilines is 2. The van der Waals surface area contributed by atoms with Crippen LogP contribution in [-0.4, -0.2) is 18.9 Å². The van der Waals surface area contributed by atoms with Crippen LogP contribution in [0.5, 0.6) is 5.75 Å². The summed E-state index contributed by atoms with van der Waals surface area (Å²) in [6.45, 7) is 0. The molecule has 0 fully saturated rings. The second-order valence-corrected chi connectivity index (χ2v) is 7.05. The molecule has 0 radical (unpaired) electrons. The molecule has 0 unspecified atom stereocenters. The van der Waals surface area contributed by atoms with Crippen LogP contribution in [0, 0.1) is 0 Å². The average Bonchev–Trinajstić information content (AvgIpc) is 2.74. The molecule has 0 aromatic heterocycles. The van der Waals surface area contributed by atoms with Gasteiger partial charge >= 0.3 is 6.03 Å². The molecule has 0 saturated heterocycles.